The Morgan fingerprint density at radius 3 is 2.89 bits per heavy atom. The lowest BCUT2D eigenvalue weighted by molar-refractivity contribution is 0.0694. The number of rotatable bonds is 5. The lowest BCUT2D eigenvalue weighted by Gasteiger charge is -2.12. The zero-order valence-electron chi connectivity index (χ0n) is 10.2. The van der Waals surface area contributed by atoms with Crippen LogP contribution in [0, 0.1) is 0 Å². The quantitative estimate of drug-likeness (QED) is 0.665. The predicted octanol–water partition coefficient (Wildman–Crippen LogP) is 0.441. The van der Waals surface area contributed by atoms with E-state index in [4.69, 9.17) is 9.84 Å². The molecular formula is C11H13N3O5. The molecule has 0 aliphatic heterocycles. The van der Waals surface area contributed by atoms with Crippen molar-refractivity contribution in [1.29, 1.82) is 0 Å². The fraction of sp³-hybridized carbons (Fsp3) is 0.273. The molecule has 0 aromatic carbocycles. The molecule has 1 aromatic heterocycles. The molecule has 1 unspecified atom stereocenters. The first-order valence-corrected chi connectivity index (χ1v) is 5.32. The average Bonchev–Trinajstić information content (AvgIpc) is 2.35. The van der Waals surface area contributed by atoms with E-state index in [9.17, 15) is 14.4 Å². The second kappa shape index (κ2) is 6.34. The van der Waals surface area contributed by atoms with E-state index in [1.807, 2.05) is 0 Å². The number of carbonyl (C=O) groups excluding carboxylic acids is 1. The number of aromatic nitrogens is 2. The summed E-state index contributed by atoms with van der Waals surface area (Å²) in [5.74, 6) is -1.24. The number of alkyl carbamates (subject to hydrolysis) is 1. The van der Waals surface area contributed by atoms with Gasteiger partial charge in [0.05, 0.1) is 6.04 Å². The second-order valence-electron chi connectivity index (χ2n) is 3.57. The van der Waals surface area contributed by atoms with Gasteiger partial charge in [0, 0.05) is 6.20 Å². The first-order chi connectivity index (χ1) is 8.95. The lowest BCUT2D eigenvalue weighted by Crippen LogP contribution is -2.30. The Morgan fingerprint density at radius 2 is 2.37 bits per heavy atom. The van der Waals surface area contributed by atoms with Gasteiger partial charge in [-0.15, -0.1) is 0 Å². The molecule has 3 N–H and O–H groups in total. The molecule has 19 heavy (non-hydrogen) atoms. The number of hydrogen-bond donors (Lipinski definition) is 3. The number of nitrogens with one attached hydrogen (secondary N) is 2. The maximum atomic E-state index is 11.4. The van der Waals surface area contributed by atoms with E-state index in [-0.39, 0.29) is 12.4 Å². The van der Waals surface area contributed by atoms with Gasteiger partial charge in [-0.05, 0) is 6.92 Å². The number of amides is 1. The summed E-state index contributed by atoms with van der Waals surface area (Å²) < 4.78 is 4.69. The Morgan fingerprint density at radius 1 is 1.68 bits per heavy atom. The fourth-order valence-electron chi connectivity index (χ4n) is 1.20. The van der Waals surface area contributed by atoms with Crippen LogP contribution in [0.1, 0.15) is 29.1 Å². The molecule has 1 rings (SSSR count). The molecule has 0 saturated heterocycles. The minimum Gasteiger partial charge on any atom is -0.477 e. The molecule has 1 atom stereocenters. The number of H-pyrrole nitrogens is 1. The van der Waals surface area contributed by atoms with Gasteiger partial charge in [-0.1, -0.05) is 12.7 Å². The summed E-state index contributed by atoms with van der Waals surface area (Å²) in [6.07, 6.45) is 1.65. The molecule has 8 heteroatoms. The fourth-order valence-corrected chi connectivity index (χ4v) is 1.20. The van der Waals surface area contributed by atoms with Crippen molar-refractivity contribution in [3.8, 4) is 0 Å². The van der Waals surface area contributed by atoms with Gasteiger partial charge in [0.1, 0.15) is 18.0 Å². The van der Waals surface area contributed by atoms with Gasteiger partial charge < -0.3 is 20.1 Å². The van der Waals surface area contributed by atoms with Crippen LogP contribution in [0.3, 0.4) is 0 Å². The van der Waals surface area contributed by atoms with Crippen molar-refractivity contribution in [2.24, 2.45) is 0 Å². The number of carboxylic acid groups (broad SMARTS) is 1. The highest BCUT2D eigenvalue weighted by molar-refractivity contribution is 5.86. The van der Waals surface area contributed by atoms with E-state index in [1.165, 1.54) is 6.08 Å². The molecule has 8 nitrogen and oxygen atoms in total. The van der Waals surface area contributed by atoms with Gasteiger partial charge in [-0.2, -0.15) is 0 Å². The van der Waals surface area contributed by atoms with E-state index in [0.717, 1.165) is 6.20 Å². The third-order valence-corrected chi connectivity index (χ3v) is 2.13. The molecular weight excluding hydrogens is 254 g/mol. The highest BCUT2D eigenvalue weighted by Crippen LogP contribution is 2.04. The van der Waals surface area contributed by atoms with Crippen molar-refractivity contribution in [2.45, 2.75) is 13.0 Å². The summed E-state index contributed by atoms with van der Waals surface area (Å²) in [5.41, 5.74) is -1.25. The number of carbonyl (C=O) groups is 2. The van der Waals surface area contributed by atoms with Gasteiger partial charge in [0.25, 0.3) is 5.56 Å². The van der Waals surface area contributed by atoms with Gasteiger partial charge in [0.15, 0.2) is 0 Å². The van der Waals surface area contributed by atoms with E-state index in [1.54, 1.807) is 6.92 Å². The topological polar surface area (TPSA) is 121 Å². The molecule has 0 radical (unpaired) electrons. The van der Waals surface area contributed by atoms with Crippen LogP contribution in [0.25, 0.3) is 0 Å². The number of carboxylic acids is 1. The van der Waals surface area contributed by atoms with Crippen LogP contribution in [-0.4, -0.2) is 33.7 Å². The third-order valence-electron chi connectivity index (χ3n) is 2.13. The van der Waals surface area contributed by atoms with Crippen molar-refractivity contribution in [3.63, 3.8) is 0 Å². The summed E-state index contributed by atoms with van der Waals surface area (Å²) in [7, 11) is 0. The molecule has 0 aliphatic carbocycles. The molecule has 1 heterocycles. The molecule has 0 bridgehead atoms. The molecule has 0 fully saturated rings. The molecule has 0 saturated carbocycles. The van der Waals surface area contributed by atoms with E-state index in [2.05, 4.69) is 21.9 Å². The number of ether oxygens (including phenoxy) is 1. The maximum absolute atomic E-state index is 11.4. The summed E-state index contributed by atoms with van der Waals surface area (Å²) >= 11 is 0. The summed E-state index contributed by atoms with van der Waals surface area (Å²) in [4.78, 5) is 39.3. The number of aromatic amines is 1. The summed E-state index contributed by atoms with van der Waals surface area (Å²) in [6.45, 7) is 5.01. The van der Waals surface area contributed by atoms with Crippen LogP contribution in [0.5, 0.6) is 0 Å². The van der Waals surface area contributed by atoms with Crippen molar-refractivity contribution >= 4 is 12.1 Å². The van der Waals surface area contributed by atoms with Crippen LogP contribution in [-0.2, 0) is 4.74 Å². The van der Waals surface area contributed by atoms with Crippen molar-refractivity contribution in [2.75, 3.05) is 6.61 Å². The van der Waals surface area contributed by atoms with Crippen LogP contribution in [0.4, 0.5) is 4.79 Å². The first kappa shape index (κ1) is 14.4. The maximum Gasteiger partial charge on any atom is 0.408 e. The zero-order valence-corrected chi connectivity index (χ0v) is 10.2. The standard InChI is InChI=1S/C11H13N3O5/c1-3-4-19-11(18)13-6(2)8-12-5-7(10(16)17)9(15)14-8/h3,5-6H,1,4H2,2H3,(H,13,18)(H,16,17)(H,12,14,15). The van der Waals surface area contributed by atoms with Crippen molar-refractivity contribution in [1.82, 2.24) is 15.3 Å². The highest BCUT2D eigenvalue weighted by Gasteiger charge is 2.15. The third kappa shape index (κ3) is 3.95. The Hall–Kier alpha value is -2.64. The molecule has 102 valence electrons. The van der Waals surface area contributed by atoms with Crippen LogP contribution in [0.15, 0.2) is 23.6 Å². The number of hydrogen-bond acceptors (Lipinski definition) is 5. The molecule has 1 aromatic rings. The normalized spacial score (nSPS) is 11.4. The van der Waals surface area contributed by atoms with Crippen LogP contribution in [0.2, 0.25) is 0 Å². The van der Waals surface area contributed by atoms with Crippen LogP contribution < -0.4 is 10.9 Å². The lowest BCUT2D eigenvalue weighted by atomic mass is 10.3. The summed E-state index contributed by atoms with van der Waals surface area (Å²) in [6, 6.07) is -0.632. The molecule has 1 amide bonds. The Balaban J connectivity index is 2.78. The minimum absolute atomic E-state index is 0.0560. The van der Waals surface area contributed by atoms with Gasteiger partial charge >= 0.3 is 12.1 Å². The second-order valence-corrected chi connectivity index (χ2v) is 3.57. The van der Waals surface area contributed by atoms with E-state index < -0.39 is 29.2 Å². The van der Waals surface area contributed by atoms with E-state index in [0.29, 0.717) is 0 Å². The Labute approximate surface area is 108 Å². The van der Waals surface area contributed by atoms with Crippen molar-refractivity contribution in [3.05, 3.63) is 40.6 Å². The smallest absolute Gasteiger partial charge is 0.408 e. The monoisotopic (exact) mass is 267 g/mol. The Kier molecular flexibility index (Phi) is 4.81. The highest BCUT2D eigenvalue weighted by atomic mass is 16.5. The van der Waals surface area contributed by atoms with Crippen molar-refractivity contribution < 1.29 is 19.4 Å². The largest absolute Gasteiger partial charge is 0.477 e. The summed E-state index contributed by atoms with van der Waals surface area (Å²) in [5, 5.41) is 11.1. The number of aromatic carboxylic acids is 1. The molecule has 0 spiro atoms. The van der Waals surface area contributed by atoms with Gasteiger partial charge in [0.2, 0.25) is 0 Å². The zero-order chi connectivity index (χ0) is 14.4. The molecule has 0 aliphatic rings. The number of nitrogens with zero attached hydrogens (tertiary/aromatic N) is 1. The van der Waals surface area contributed by atoms with Gasteiger partial charge in [-0.25, -0.2) is 14.6 Å². The first-order valence-electron chi connectivity index (χ1n) is 5.32. The van der Waals surface area contributed by atoms with E-state index >= 15 is 0 Å². The Bertz CT molecular complexity index is 552. The average molecular weight is 267 g/mol. The minimum atomic E-state index is -1.37. The van der Waals surface area contributed by atoms with Crippen LogP contribution >= 0.6 is 0 Å². The predicted molar refractivity (Wildman–Crippen MR) is 64.9 cm³/mol. The van der Waals surface area contributed by atoms with Gasteiger partial charge in [-0.3, -0.25) is 4.79 Å². The SMILES string of the molecule is C=CCOC(=O)NC(C)c1ncc(C(=O)O)c(=O)[nH]1.